The smallest absolute Gasteiger partial charge is 0.227 e. The van der Waals surface area contributed by atoms with Crippen molar-refractivity contribution in [2.24, 2.45) is 5.92 Å². The third-order valence-electron chi connectivity index (χ3n) is 4.28. The van der Waals surface area contributed by atoms with Gasteiger partial charge in [-0.1, -0.05) is 15.9 Å². The van der Waals surface area contributed by atoms with Gasteiger partial charge in [-0.2, -0.15) is 0 Å². The van der Waals surface area contributed by atoms with Gasteiger partial charge in [0.1, 0.15) is 0 Å². The first-order valence-corrected chi connectivity index (χ1v) is 8.49. The second-order valence-electron chi connectivity index (χ2n) is 5.85. The van der Waals surface area contributed by atoms with E-state index in [1.165, 1.54) is 0 Å². The van der Waals surface area contributed by atoms with Gasteiger partial charge in [-0.05, 0) is 43.0 Å². The minimum absolute atomic E-state index is 0.184. The van der Waals surface area contributed by atoms with Gasteiger partial charge in [-0.15, -0.1) is 0 Å². The van der Waals surface area contributed by atoms with Gasteiger partial charge in [0.05, 0.1) is 0 Å². The number of hydrogen-bond donors (Lipinski definition) is 0. The lowest BCUT2D eigenvalue weighted by atomic mass is 10.1. The molecule has 0 radical (unpaired) electrons. The Morgan fingerprint density at radius 3 is 2.62 bits per heavy atom. The molecule has 0 N–H and O–H groups in total. The lowest BCUT2D eigenvalue weighted by Crippen LogP contribution is -2.26. The zero-order valence-corrected chi connectivity index (χ0v) is 13.7. The molecular formula is C16H19BrN2O2. The maximum atomic E-state index is 12.1. The maximum Gasteiger partial charge on any atom is 0.227 e. The second kappa shape index (κ2) is 5.79. The largest absolute Gasteiger partial charge is 0.312 e. The predicted molar refractivity (Wildman–Crippen MR) is 87.0 cm³/mol. The van der Waals surface area contributed by atoms with Gasteiger partial charge in [0.2, 0.25) is 11.8 Å². The minimum Gasteiger partial charge on any atom is -0.312 e. The summed E-state index contributed by atoms with van der Waals surface area (Å²) in [5.41, 5.74) is 2.97. The van der Waals surface area contributed by atoms with E-state index in [1.807, 2.05) is 34.9 Å². The summed E-state index contributed by atoms with van der Waals surface area (Å²) in [6.45, 7) is 3.58. The first-order valence-electron chi connectivity index (χ1n) is 7.37. The third-order valence-corrected chi connectivity index (χ3v) is 5.20. The fourth-order valence-corrected chi connectivity index (χ4v) is 3.58. The molecule has 3 rings (SSSR count). The van der Waals surface area contributed by atoms with E-state index in [2.05, 4.69) is 15.9 Å². The van der Waals surface area contributed by atoms with E-state index < -0.39 is 0 Å². The zero-order chi connectivity index (χ0) is 15.0. The van der Waals surface area contributed by atoms with Crippen molar-refractivity contribution < 1.29 is 9.59 Å². The van der Waals surface area contributed by atoms with Crippen LogP contribution >= 0.6 is 15.9 Å². The van der Waals surface area contributed by atoms with Crippen molar-refractivity contribution in [3.05, 3.63) is 23.8 Å². The molecule has 1 atom stereocenters. The van der Waals surface area contributed by atoms with Crippen molar-refractivity contribution in [3.8, 4) is 0 Å². The van der Waals surface area contributed by atoms with E-state index in [-0.39, 0.29) is 11.8 Å². The van der Waals surface area contributed by atoms with Gasteiger partial charge in [0, 0.05) is 42.6 Å². The van der Waals surface area contributed by atoms with Gasteiger partial charge in [-0.3, -0.25) is 9.59 Å². The average molecular weight is 351 g/mol. The van der Waals surface area contributed by atoms with Gasteiger partial charge >= 0.3 is 0 Å². The molecule has 5 heteroatoms. The molecule has 2 aliphatic heterocycles. The van der Waals surface area contributed by atoms with E-state index >= 15 is 0 Å². The van der Waals surface area contributed by atoms with Crippen LogP contribution in [0, 0.1) is 12.8 Å². The molecule has 1 aromatic carbocycles. The summed E-state index contributed by atoms with van der Waals surface area (Å²) in [5, 5.41) is 0.856. The van der Waals surface area contributed by atoms with E-state index in [1.54, 1.807) is 0 Å². The number of rotatable bonds is 3. The van der Waals surface area contributed by atoms with Crippen molar-refractivity contribution in [2.75, 3.05) is 28.2 Å². The molecule has 0 saturated carbocycles. The average Bonchev–Trinajstić information content (AvgIpc) is 3.05. The van der Waals surface area contributed by atoms with Crippen LogP contribution in [0.15, 0.2) is 18.2 Å². The summed E-state index contributed by atoms with van der Waals surface area (Å²) in [4.78, 5) is 27.7. The number of benzene rings is 1. The number of anilines is 2. The van der Waals surface area contributed by atoms with Crippen LogP contribution < -0.4 is 9.80 Å². The highest BCUT2D eigenvalue weighted by molar-refractivity contribution is 9.09. The van der Waals surface area contributed by atoms with Crippen molar-refractivity contribution in [2.45, 2.75) is 26.2 Å². The monoisotopic (exact) mass is 350 g/mol. The molecule has 1 unspecified atom stereocenters. The third kappa shape index (κ3) is 2.71. The van der Waals surface area contributed by atoms with Crippen molar-refractivity contribution in [3.63, 3.8) is 0 Å². The lowest BCUT2D eigenvalue weighted by Gasteiger charge is -2.22. The van der Waals surface area contributed by atoms with E-state index in [4.69, 9.17) is 0 Å². The molecule has 2 heterocycles. The van der Waals surface area contributed by atoms with Crippen LogP contribution in [-0.4, -0.2) is 30.2 Å². The summed E-state index contributed by atoms with van der Waals surface area (Å²) < 4.78 is 0. The Morgan fingerprint density at radius 1 is 1.24 bits per heavy atom. The van der Waals surface area contributed by atoms with E-state index in [0.717, 1.165) is 41.8 Å². The number of alkyl halides is 1. The van der Waals surface area contributed by atoms with Crippen molar-refractivity contribution in [1.82, 2.24) is 0 Å². The van der Waals surface area contributed by atoms with Crippen LogP contribution in [0.5, 0.6) is 0 Å². The van der Waals surface area contributed by atoms with Crippen LogP contribution in [0.3, 0.4) is 0 Å². The second-order valence-corrected chi connectivity index (χ2v) is 6.50. The van der Waals surface area contributed by atoms with Crippen LogP contribution in [-0.2, 0) is 9.59 Å². The topological polar surface area (TPSA) is 40.6 Å². The highest BCUT2D eigenvalue weighted by Crippen LogP contribution is 2.31. The van der Waals surface area contributed by atoms with Gasteiger partial charge in [0.15, 0.2) is 0 Å². The van der Waals surface area contributed by atoms with Crippen LogP contribution in [0.2, 0.25) is 0 Å². The van der Waals surface area contributed by atoms with Crippen LogP contribution in [0.4, 0.5) is 11.4 Å². The number of amides is 2. The molecule has 2 aliphatic rings. The van der Waals surface area contributed by atoms with Gasteiger partial charge in [-0.25, -0.2) is 0 Å². The molecule has 1 aromatic rings. The summed E-state index contributed by atoms with van der Waals surface area (Å²) >= 11 is 3.46. The summed E-state index contributed by atoms with van der Waals surface area (Å²) in [6.07, 6.45) is 2.17. The first kappa shape index (κ1) is 14.6. The van der Waals surface area contributed by atoms with Crippen molar-refractivity contribution >= 4 is 39.1 Å². The molecule has 2 fully saturated rings. The molecule has 21 heavy (non-hydrogen) atoms. The van der Waals surface area contributed by atoms with Crippen molar-refractivity contribution in [1.29, 1.82) is 0 Å². The zero-order valence-electron chi connectivity index (χ0n) is 12.1. The Morgan fingerprint density at radius 2 is 2.05 bits per heavy atom. The normalized spacial score (nSPS) is 22.5. The highest BCUT2D eigenvalue weighted by Gasteiger charge is 2.30. The molecular weight excluding hydrogens is 332 g/mol. The molecule has 2 amide bonds. The number of aryl methyl sites for hydroxylation is 1. The summed E-state index contributed by atoms with van der Waals surface area (Å²) in [5.74, 6) is 0.768. The molecule has 0 aliphatic carbocycles. The predicted octanol–water partition coefficient (Wildman–Crippen LogP) is 2.87. The molecule has 4 nitrogen and oxygen atoms in total. The van der Waals surface area contributed by atoms with Crippen LogP contribution in [0.1, 0.15) is 24.8 Å². The number of halogens is 1. The first-order chi connectivity index (χ1) is 10.1. The summed E-state index contributed by atoms with van der Waals surface area (Å²) in [7, 11) is 0. The fraction of sp³-hybridized carbons (Fsp3) is 0.500. The summed E-state index contributed by atoms with van der Waals surface area (Å²) in [6, 6.07) is 5.96. The molecule has 2 saturated heterocycles. The number of nitrogens with zero attached hydrogens (tertiary/aromatic N) is 2. The lowest BCUT2D eigenvalue weighted by molar-refractivity contribution is -0.118. The number of hydrogen-bond acceptors (Lipinski definition) is 2. The number of carbonyl (C=O) groups excluding carboxylic acids is 2. The number of carbonyl (C=O) groups is 2. The minimum atomic E-state index is 0.184. The Labute approximate surface area is 133 Å². The standard InChI is InChI=1S/C16H19BrN2O2/c1-11-7-13(19-10-12(9-17)8-16(19)21)4-5-14(11)18-6-2-3-15(18)20/h4-5,7,12H,2-3,6,8-10H2,1H3. The Balaban J connectivity index is 1.84. The molecule has 0 aromatic heterocycles. The van der Waals surface area contributed by atoms with Gasteiger partial charge in [0.25, 0.3) is 0 Å². The SMILES string of the molecule is Cc1cc(N2CC(CBr)CC2=O)ccc1N1CCCC1=O. The Kier molecular flexibility index (Phi) is 4.02. The van der Waals surface area contributed by atoms with E-state index in [9.17, 15) is 9.59 Å². The molecule has 112 valence electrons. The van der Waals surface area contributed by atoms with Crippen LogP contribution in [0.25, 0.3) is 0 Å². The highest BCUT2D eigenvalue weighted by atomic mass is 79.9. The fourth-order valence-electron chi connectivity index (χ4n) is 3.15. The quantitative estimate of drug-likeness (QED) is 0.786. The molecule has 0 bridgehead atoms. The maximum absolute atomic E-state index is 12.1. The molecule has 0 spiro atoms. The van der Waals surface area contributed by atoms with Gasteiger partial charge < -0.3 is 9.80 Å². The Bertz CT molecular complexity index is 588. The van der Waals surface area contributed by atoms with E-state index in [0.29, 0.717) is 18.8 Å². The Hall–Kier alpha value is -1.36.